The molecule has 0 aliphatic carbocycles. The minimum absolute atomic E-state index is 0.631. The van der Waals surface area contributed by atoms with Crippen LogP contribution in [0.1, 0.15) is 40.0 Å². The molecule has 1 N–H and O–H groups in total. The molecule has 0 saturated carbocycles. The molecule has 1 aliphatic rings. The van der Waals surface area contributed by atoms with Crippen LogP contribution in [0.4, 0.5) is 0 Å². The van der Waals surface area contributed by atoms with Crippen molar-refractivity contribution in [1.29, 1.82) is 0 Å². The Labute approximate surface area is 113 Å². The molecular formula is C15H32N2O. The molecule has 0 spiro atoms. The first-order chi connectivity index (χ1) is 8.67. The van der Waals surface area contributed by atoms with Gasteiger partial charge >= 0.3 is 0 Å². The van der Waals surface area contributed by atoms with Crippen LogP contribution in [0.3, 0.4) is 0 Å². The topological polar surface area (TPSA) is 24.5 Å². The Balaban J connectivity index is 2.37. The Kier molecular flexibility index (Phi) is 7.87. The van der Waals surface area contributed by atoms with Gasteiger partial charge in [-0.1, -0.05) is 20.8 Å². The number of rotatable bonds is 8. The lowest BCUT2D eigenvalue weighted by atomic mass is 9.96. The van der Waals surface area contributed by atoms with Crippen molar-refractivity contribution in [1.82, 2.24) is 10.2 Å². The van der Waals surface area contributed by atoms with Crippen molar-refractivity contribution in [3.63, 3.8) is 0 Å². The average molecular weight is 256 g/mol. The molecule has 0 radical (unpaired) electrons. The van der Waals surface area contributed by atoms with E-state index in [9.17, 15) is 0 Å². The van der Waals surface area contributed by atoms with Gasteiger partial charge in [-0.3, -0.25) is 0 Å². The third-order valence-electron chi connectivity index (χ3n) is 3.92. The Bertz CT molecular complexity index is 207. The molecule has 1 heterocycles. The molecule has 1 saturated heterocycles. The van der Waals surface area contributed by atoms with E-state index in [0.29, 0.717) is 12.0 Å². The maximum absolute atomic E-state index is 5.30. The lowest BCUT2D eigenvalue weighted by Gasteiger charge is -2.36. The molecule has 1 rings (SSSR count). The number of likely N-dealkylation sites (tertiary alicyclic amines) is 1. The summed E-state index contributed by atoms with van der Waals surface area (Å²) in [5.41, 5.74) is 0. The number of hydrogen-bond donors (Lipinski definition) is 1. The van der Waals surface area contributed by atoms with Crippen molar-refractivity contribution in [3.8, 4) is 0 Å². The van der Waals surface area contributed by atoms with Crippen LogP contribution in [0, 0.1) is 11.8 Å². The van der Waals surface area contributed by atoms with E-state index >= 15 is 0 Å². The van der Waals surface area contributed by atoms with E-state index in [1.807, 2.05) is 7.11 Å². The quantitative estimate of drug-likeness (QED) is 0.721. The van der Waals surface area contributed by atoms with Crippen molar-refractivity contribution < 1.29 is 4.74 Å². The molecule has 3 nitrogen and oxygen atoms in total. The summed E-state index contributed by atoms with van der Waals surface area (Å²) < 4.78 is 5.30. The molecule has 1 fully saturated rings. The fourth-order valence-corrected chi connectivity index (χ4v) is 2.81. The van der Waals surface area contributed by atoms with Gasteiger partial charge in [-0.25, -0.2) is 0 Å². The van der Waals surface area contributed by atoms with Crippen molar-refractivity contribution in [3.05, 3.63) is 0 Å². The number of hydrogen-bond acceptors (Lipinski definition) is 3. The second kappa shape index (κ2) is 8.89. The zero-order valence-corrected chi connectivity index (χ0v) is 12.7. The third-order valence-corrected chi connectivity index (χ3v) is 3.92. The van der Waals surface area contributed by atoms with Gasteiger partial charge in [0.2, 0.25) is 0 Å². The summed E-state index contributed by atoms with van der Waals surface area (Å²) in [5.74, 6) is 1.45. The van der Waals surface area contributed by atoms with Crippen molar-refractivity contribution in [2.45, 2.75) is 46.1 Å². The highest BCUT2D eigenvalue weighted by Gasteiger charge is 2.23. The second-order valence-corrected chi connectivity index (χ2v) is 6.03. The van der Waals surface area contributed by atoms with Crippen LogP contribution in [0.5, 0.6) is 0 Å². The summed E-state index contributed by atoms with van der Waals surface area (Å²) in [4.78, 5) is 2.63. The van der Waals surface area contributed by atoms with Gasteiger partial charge in [0.1, 0.15) is 0 Å². The zero-order valence-electron chi connectivity index (χ0n) is 12.7. The second-order valence-electron chi connectivity index (χ2n) is 6.03. The maximum atomic E-state index is 5.30. The zero-order chi connectivity index (χ0) is 13.4. The van der Waals surface area contributed by atoms with Crippen molar-refractivity contribution in [2.75, 3.05) is 39.9 Å². The molecule has 0 bridgehead atoms. The number of ether oxygens (including phenoxy) is 1. The van der Waals surface area contributed by atoms with Crippen molar-refractivity contribution >= 4 is 0 Å². The normalized spacial score (nSPS) is 23.5. The molecular weight excluding hydrogens is 224 g/mol. The van der Waals surface area contributed by atoms with E-state index in [1.54, 1.807) is 0 Å². The van der Waals surface area contributed by atoms with Crippen LogP contribution in [-0.4, -0.2) is 50.8 Å². The fourth-order valence-electron chi connectivity index (χ4n) is 2.81. The number of nitrogens with zero attached hydrogens (tertiary/aromatic N) is 1. The SMILES string of the molecule is CCCNC(CN1CCCC(COC)C1)C(C)C. The fraction of sp³-hybridized carbons (Fsp3) is 1.00. The predicted octanol–water partition coefficient (Wildman–Crippen LogP) is 2.37. The van der Waals surface area contributed by atoms with Gasteiger partial charge in [0.25, 0.3) is 0 Å². The molecule has 3 heteroatoms. The average Bonchev–Trinajstić information content (AvgIpc) is 2.35. The highest BCUT2D eigenvalue weighted by atomic mass is 16.5. The van der Waals surface area contributed by atoms with Gasteiger partial charge in [-0.05, 0) is 44.2 Å². The summed E-state index contributed by atoms with van der Waals surface area (Å²) in [5, 5.41) is 3.69. The Morgan fingerprint density at radius 3 is 2.78 bits per heavy atom. The van der Waals surface area contributed by atoms with Crippen molar-refractivity contribution in [2.24, 2.45) is 11.8 Å². The van der Waals surface area contributed by atoms with Crippen LogP contribution < -0.4 is 5.32 Å². The smallest absolute Gasteiger partial charge is 0.0502 e. The number of piperidine rings is 1. The summed E-state index contributed by atoms with van der Waals surface area (Å²) >= 11 is 0. The first-order valence-corrected chi connectivity index (χ1v) is 7.62. The first-order valence-electron chi connectivity index (χ1n) is 7.62. The van der Waals surface area contributed by atoms with Crippen LogP contribution in [0.15, 0.2) is 0 Å². The van der Waals surface area contributed by atoms with E-state index in [1.165, 1.54) is 38.9 Å². The Morgan fingerprint density at radius 2 is 2.17 bits per heavy atom. The van der Waals surface area contributed by atoms with E-state index in [4.69, 9.17) is 4.74 Å². The maximum Gasteiger partial charge on any atom is 0.0502 e. The van der Waals surface area contributed by atoms with E-state index in [0.717, 1.165) is 19.1 Å². The lowest BCUT2D eigenvalue weighted by molar-refractivity contribution is 0.0824. The van der Waals surface area contributed by atoms with E-state index in [-0.39, 0.29) is 0 Å². The van der Waals surface area contributed by atoms with Gasteiger partial charge in [0.05, 0.1) is 6.61 Å². The highest BCUT2D eigenvalue weighted by molar-refractivity contribution is 4.79. The largest absolute Gasteiger partial charge is 0.384 e. The van der Waals surface area contributed by atoms with Gasteiger partial charge in [-0.15, -0.1) is 0 Å². The molecule has 0 aromatic rings. The van der Waals surface area contributed by atoms with Crippen LogP contribution >= 0.6 is 0 Å². The van der Waals surface area contributed by atoms with Crippen LogP contribution in [0.25, 0.3) is 0 Å². The van der Waals surface area contributed by atoms with Crippen LogP contribution in [0.2, 0.25) is 0 Å². The lowest BCUT2D eigenvalue weighted by Crippen LogP contribution is -2.48. The third kappa shape index (κ3) is 5.68. The number of methoxy groups -OCH3 is 1. The summed E-state index contributed by atoms with van der Waals surface area (Å²) in [6.45, 7) is 12.6. The molecule has 18 heavy (non-hydrogen) atoms. The van der Waals surface area contributed by atoms with Gasteiger partial charge in [-0.2, -0.15) is 0 Å². The Hall–Kier alpha value is -0.120. The molecule has 0 aromatic heterocycles. The summed E-state index contributed by atoms with van der Waals surface area (Å²) in [6, 6.07) is 0.631. The molecule has 108 valence electrons. The molecule has 0 amide bonds. The van der Waals surface area contributed by atoms with E-state index in [2.05, 4.69) is 31.0 Å². The van der Waals surface area contributed by atoms with Crippen LogP contribution in [-0.2, 0) is 4.74 Å². The monoisotopic (exact) mass is 256 g/mol. The summed E-state index contributed by atoms with van der Waals surface area (Å²) in [7, 11) is 1.82. The molecule has 2 atom stereocenters. The molecule has 0 aromatic carbocycles. The molecule has 2 unspecified atom stereocenters. The van der Waals surface area contributed by atoms with Gasteiger partial charge < -0.3 is 15.0 Å². The molecule has 1 aliphatic heterocycles. The highest BCUT2D eigenvalue weighted by Crippen LogP contribution is 2.17. The summed E-state index contributed by atoms with van der Waals surface area (Å²) in [6.07, 6.45) is 3.88. The van der Waals surface area contributed by atoms with E-state index < -0.39 is 0 Å². The minimum atomic E-state index is 0.631. The van der Waals surface area contributed by atoms with Gasteiger partial charge in [0, 0.05) is 26.2 Å². The number of nitrogens with one attached hydrogen (secondary N) is 1. The standard InChI is InChI=1S/C15H32N2O/c1-5-8-16-15(13(2)3)11-17-9-6-7-14(10-17)12-18-4/h13-16H,5-12H2,1-4H3. The van der Waals surface area contributed by atoms with Gasteiger partial charge in [0.15, 0.2) is 0 Å². The first kappa shape index (κ1) is 15.9. The predicted molar refractivity (Wildman–Crippen MR) is 78.0 cm³/mol. The minimum Gasteiger partial charge on any atom is -0.384 e. The Morgan fingerprint density at radius 1 is 1.39 bits per heavy atom.